The fourth-order valence-corrected chi connectivity index (χ4v) is 2.99. The molecule has 17 heavy (non-hydrogen) atoms. The Kier molecular flexibility index (Phi) is 3.69. The van der Waals surface area contributed by atoms with E-state index >= 15 is 0 Å². The molecule has 98 valence electrons. The van der Waals surface area contributed by atoms with Crippen molar-refractivity contribution >= 4 is 0 Å². The average molecular weight is 239 g/mol. The van der Waals surface area contributed by atoms with Crippen molar-refractivity contribution in [2.45, 2.75) is 56.6 Å². The molecular formula is C14H25NO2. The molecule has 2 aliphatic carbocycles. The van der Waals surface area contributed by atoms with E-state index in [4.69, 9.17) is 9.47 Å². The van der Waals surface area contributed by atoms with Gasteiger partial charge in [-0.25, -0.2) is 0 Å². The van der Waals surface area contributed by atoms with Crippen molar-refractivity contribution in [1.29, 1.82) is 0 Å². The highest BCUT2D eigenvalue weighted by Gasteiger charge is 2.42. The van der Waals surface area contributed by atoms with Gasteiger partial charge < -0.3 is 14.8 Å². The van der Waals surface area contributed by atoms with Crippen molar-refractivity contribution in [3.8, 4) is 0 Å². The molecule has 0 radical (unpaired) electrons. The summed E-state index contributed by atoms with van der Waals surface area (Å²) in [5.41, 5.74) is 0.269. The summed E-state index contributed by atoms with van der Waals surface area (Å²) in [7, 11) is 0. The molecule has 1 heterocycles. The Morgan fingerprint density at radius 1 is 1.24 bits per heavy atom. The molecule has 3 heteroatoms. The molecule has 1 aliphatic heterocycles. The Morgan fingerprint density at radius 3 is 2.82 bits per heavy atom. The lowest BCUT2D eigenvalue weighted by molar-refractivity contribution is -0.135. The molecule has 1 spiro atoms. The molecule has 3 rings (SSSR count). The molecule has 0 bridgehead atoms. The van der Waals surface area contributed by atoms with Gasteiger partial charge in [-0.05, 0) is 50.9 Å². The van der Waals surface area contributed by atoms with Crippen LogP contribution in [0.3, 0.4) is 0 Å². The number of ether oxygens (including phenoxy) is 2. The van der Waals surface area contributed by atoms with E-state index < -0.39 is 0 Å². The molecule has 1 saturated heterocycles. The van der Waals surface area contributed by atoms with Gasteiger partial charge in [0.1, 0.15) is 0 Å². The number of rotatable bonds is 6. The van der Waals surface area contributed by atoms with Gasteiger partial charge in [-0.1, -0.05) is 0 Å². The predicted molar refractivity (Wildman–Crippen MR) is 67.1 cm³/mol. The summed E-state index contributed by atoms with van der Waals surface area (Å²) in [4.78, 5) is 0. The molecule has 3 fully saturated rings. The molecule has 0 amide bonds. The fourth-order valence-electron chi connectivity index (χ4n) is 2.99. The fraction of sp³-hybridized carbons (Fsp3) is 1.00. The summed E-state index contributed by atoms with van der Waals surface area (Å²) in [5.74, 6) is 0.885. The van der Waals surface area contributed by atoms with Crippen LogP contribution in [0.25, 0.3) is 0 Å². The summed E-state index contributed by atoms with van der Waals surface area (Å²) in [6.45, 7) is 3.81. The van der Waals surface area contributed by atoms with Crippen molar-refractivity contribution in [3.63, 3.8) is 0 Å². The highest BCUT2D eigenvalue weighted by Crippen LogP contribution is 2.42. The maximum atomic E-state index is 5.93. The molecule has 3 aliphatic rings. The van der Waals surface area contributed by atoms with Crippen LogP contribution in [0.2, 0.25) is 0 Å². The molecule has 0 aromatic rings. The maximum Gasteiger partial charge on any atom is 0.0697 e. The molecular weight excluding hydrogens is 214 g/mol. The van der Waals surface area contributed by atoms with Gasteiger partial charge in [0.15, 0.2) is 0 Å². The van der Waals surface area contributed by atoms with E-state index in [0.717, 1.165) is 32.3 Å². The quantitative estimate of drug-likeness (QED) is 0.720. The van der Waals surface area contributed by atoms with Gasteiger partial charge in [-0.2, -0.15) is 0 Å². The van der Waals surface area contributed by atoms with Crippen molar-refractivity contribution in [2.24, 2.45) is 5.92 Å². The van der Waals surface area contributed by atoms with Crippen molar-refractivity contribution in [2.75, 3.05) is 26.4 Å². The van der Waals surface area contributed by atoms with Crippen LogP contribution >= 0.6 is 0 Å². The van der Waals surface area contributed by atoms with Gasteiger partial charge in [-0.15, -0.1) is 0 Å². The minimum Gasteiger partial charge on any atom is -0.380 e. The minimum atomic E-state index is 0.269. The van der Waals surface area contributed by atoms with E-state index in [1.165, 1.54) is 44.9 Å². The Morgan fingerprint density at radius 2 is 2.12 bits per heavy atom. The van der Waals surface area contributed by atoms with E-state index in [-0.39, 0.29) is 5.60 Å². The van der Waals surface area contributed by atoms with E-state index in [1.807, 2.05) is 0 Å². The second-order valence-electron chi connectivity index (χ2n) is 6.05. The number of nitrogens with one attached hydrogen (secondary N) is 1. The standard InChI is InChI=1S/C14H25NO2/c1-5-14(6-1)10-13(4-8-17-14)15-7-9-16-11-12-2-3-12/h12-13,15H,1-11H2. The summed E-state index contributed by atoms with van der Waals surface area (Å²) in [6, 6.07) is 0.661. The third kappa shape index (κ3) is 3.21. The van der Waals surface area contributed by atoms with Gasteiger partial charge in [-0.3, -0.25) is 0 Å². The summed E-state index contributed by atoms with van der Waals surface area (Å²) in [6.07, 6.45) is 9.08. The molecule has 1 N–H and O–H groups in total. The summed E-state index contributed by atoms with van der Waals surface area (Å²) < 4.78 is 11.6. The average Bonchev–Trinajstić information content (AvgIpc) is 3.11. The Bertz CT molecular complexity index is 249. The van der Waals surface area contributed by atoms with Crippen molar-refractivity contribution in [3.05, 3.63) is 0 Å². The molecule has 1 atom stereocenters. The van der Waals surface area contributed by atoms with Crippen molar-refractivity contribution < 1.29 is 9.47 Å². The Balaban J connectivity index is 1.28. The first-order chi connectivity index (χ1) is 8.36. The third-order valence-electron chi connectivity index (χ3n) is 4.49. The second-order valence-corrected chi connectivity index (χ2v) is 6.05. The highest BCUT2D eigenvalue weighted by molar-refractivity contribution is 4.95. The number of hydrogen-bond acceptors (Lipinski definition) is 3. The largest absolute Gasteiger partial charge is 0.380 e. The Labute approximate surface area is 104 Å². The second kappa shape index (κ2) is 5.25. The van der Waals surface area contributed by atoms with Crippen LogP contribution in [0.4, 0.5) is 0 Å². The van der Waals surface area contributed by atoms with Crippen LogP contribution < -0.4 is 5.32 Å². The van der Waals surface area contributed by atoms with E-state index in [0.29, 0.717) is 6.04 Å². The van der Waals surface area contributed by atoms with Gasteiger partial charge >= 0.3 is 0 Å². The van der Waals surface area contributed by atoms with Gasteiger partial charge in [0.25, 0.3) is 0 Å². The van der Waals surface area contributed by atoms with E-state index in [2.05, 4.69) is 5.32 Å². The summed E-state index contributed by atoms with van der Waals surface area (Å²) >= 11 is 0. The smallest absolute Gasteiger partial charge is 0.0697 e. The van der Waals surface area contributed by atoms with E-state index in [9.17, 15) is 0 Å². The maximum absolute atomic E-state index is 5.93. The van der Waals surface area contributed by atoms with Gasteiger partial charge in [0.05, 0.1) is 12.2 Å². The molecule has 1 unspecified atom stereocenters. The SMILES string of the molecule is C1CC2(C1)CC(NCCOCC1CC1)CCO2. The lowest BCUT2D eigenvalue weighted by Crippen LogP contribution is -2.51. The molecule has 2 saturated carbocycles. The molecule has 3 nitrogen and oxygen atoms in total. The topological polar surface area (TPSA) is 30.5 Å². The lowest BCUT2D eigenvalue weighted by Gasteiger charge is -2.47. The summed E-state index contributed by atoms with van der Waals surface area (Å²) in [5, 5.41) is 3.63. The van der Waals surface area contributed by atoms with Crippen LogP contribution in [0, 0.1) is 5.92 Å². The van der Waals surface area contributed by atoms with Gasteiger partial charge in [0, 0.05) is 25.8 Å². The zero-order valence-corrected chi connectivity index (χ0v) is 10.7. The van der Waals surface area contributed by atoms with Crippen LogP contribution in [0.15, 0.2) is 0 Å². The predicted octanol–water partition coefficient (Wildman–Crippen LogP) is 2.10. The lowest BCUT2D eigenvalue weighted by atomic mass is 9.74. The van der Waals surface area contributed by atoms with Gasteiger partial charge in [0.2, 0.25) is 0 Å². The van der Waals surface area contributed by atoms with Crippen LogP contribution in [-0.2, 0) is 9.47 Å². The van der Waals surface area contributed by atoms with Crippen LogP contribution in [-0.4, -0.2) is 38.0 Å². The first-order valence-corrected chi connectivity index (χ1v) is 7.31. The first kappa shape index (κ1) is 11.9. The van der Waals surface area contributed by atoms with Crippen LogP contribution in [0.1, 0.15) is 44.9 Å². The molecule has 0 aromatic carbocycles. The third-order valence-corrected chi connectivity index (χ3v) is 4.49. The normalized spacial score (nSPS) is 31.4. The minimum absolute atomic E-state index is 0.269. The highest BCUT2D eigenvalue weighted by atomic mass is 16.5. The monoisotopic (exact) mass is 239 g/mol. The van der Waals surface area contributed by atoms with E-state index in [1.54, 1.807) is 0 Å². The van der Waals surface area contributed by atoms with Crippen molar-refractivity contribution in [1.82, 2.24) is 5.32 Å². The zero-order chi connectivity index (χ0) is 11.6. The zero-order valence-electron chi connectivity index (χ0n) is 10.7. The first-order valence-electron chi connectivity index (χ1n) is 7.31. The Hall–Kier alpha value is -0.120. The molecule has 0 aromatic heterocycles. The number of hydrogen-bond donors (Lipinski definition) is 1. The van der Waals surface area contributed by atoms with Crippen LogP contribution in [0.5, 0.6) is 0 Å².